The molecular weight excluding hydrogens is 632 g/mol. The first-order valence-corrected chi connectivity index (χ1v) is 18.5. The number of thiophene rings is 1. The van der Waals surface area contributed by atoms with E-state index in [-0.39, 0.29) is 35.8 Å². The van der Waals surface area contributed by atoms with E-state index in [4.69, 9.17) is 0 Å². The van der Waals surface area contributed by atoms with Crippen LogP contribution in [0.25, 0.3) is 10.1 Å². The molecule has 1 aromatic carbocycles. The summed E-state index contributed by atoms with van der Waals surface area (Å²) in [6.45, 7) is 2.08. The van der Waals surface area contributed by atoms with Gasteiger partial charge in [-0.15, -0.1) is 11.3 Å². The standard InChI is InChI=1S/C32H37FN5O6PS/c33-22-9-11-36(17-22)26-8-10-34-14-24(26)21-15-37(16-21)32(41)27-6-5-23-2-1-3-25(31(40)38(23)27)35-30(39)29-13-20-12-19(18-45(42,43)44)4-7-28(20)46-29/h4,7-8,10,12-14,21-23,25,27H,1-3,5-6,9,11,15-18H2,(H,35,39)(H2,42,43,44)/t22-,23+,25+,27+/m1/s1. The van der Waals surface area contributed by atoms with E-state index < -0.39 is 25.9 Å². The van der Waals surface area contributed by atoms with Crippen molar-refractivity contribution in [3.63, 3.8) is 0 Å². The molecule has 0 spiro atoms. The number of halogens is 1. The van der Waals surface area contributed by atoms with Gasteiger partial charge in [0.1, 0.15) is 18.3 Å². The molecule has 4 saturated heterocycles. The number of fused-ring (bicyclic) bond motifs is 2. The van der Waals surface area contributed by atoms with Crippen molar-refractivity contribution >= 4 is 52.4 Å². The number of hydrogen-bond acceptors (Lipinski definition) is 7. The Labute approximate surface area is 269 Å². The van der Waals surface area contributed by atoms with Gasteiger partial charge in [0.25, 0.3) is 5.91 Å². The Morgan fingerprint density at radius 2 is 1.89 bits per heavy atom. The molecule has 3 amide bonds. The first-order chi connectivity index (χ1) is 22.0. The van der Waals surface area contributed by atoms with Crippen LogP contribution >= 0.6 is 18.9 Å². The molecule has 0 radical (unpaired) electrons. The lowest BCUT2D eigenvalue weighted by Gasteiger charge is -2.43. The largest absolute Gasteiger partial charge is 0.368 e. The zero-order valence-electron chi connectivity index (χ0n) is 25.3. The number of nitrogens with zero attached hydrogens (tertiary/aromatic N) is 4. The molecule has 3 N–H and O–H groups in total. The maximum Gasteiger partial charge on any atom is 0.329 e. The average Bonchev–Trinajstić information content (AvgIpc) is 3.71. The summed E-state index contributed by atoms with van der Waals surface area (Å²) in [5.74, 6) is -0.570. The molecule has 6 heterocycles. The lowest BCUT2D eigenvalue weighted by Crippen LogP contribution is -2.58. The molecule has 4 aliphatic rings. The predicted molar refractivity (Wildman–Crippen MR) is 172 cm³/mol. The molecule has 11 nitrogen and oxygen atoms in total. The zero-order chi connectivity index (χ0) is 32.2. The number of carbonyl (C=O) groups is 3. The molecule has 4 fully saturated rings. The predicted octanol–water partition coefficient (Wildman–Crippen LogP) is 3.79. The van der Waals surface area contributed by atoms with E-state index >= 15 is 0 Å². The van der Waals surface area contributed by atoms with Crippen LogP contribution in [-0.2, 0) is 20.3 Å². The van der Waals surface area contributed by atoms with Crippen molar-refractivity contribution in [2.75, 3.05) is 31.1 Å². The Morgan fingerprint density at radius 3 is 2.65 bits per heavy atom. The Kier molecular flexibility index (Phi) is 8.37. The van der Waals surface area contributed by atoms with E-state index in [9.17, 15) is 33.1 Å². The summed E-state index contributed by atoms with van der Waals surface area (Å²) < 4.78 is 26.2. The molecule has 2 aromatic heterocycles. The van der Waals surface area contributed by atoms with Gasteiger partial charge in [-0.05, 0) is 73.7 Å². The Bertz CT molecular complexity index is 1730. The van der Waals surface area contributed by atoms with Gasteiger partial charge >= 0.3 is 7.60 Å². The number of rotatable bonds is 7. The zero-order valence-corrected chi connectivity index (χ0v) is 27.0. The summed E-state index contributed by atoms with van der Waals surface area (Å²) >= 11 is 1.26. The lowest BCUT2D eigenvalue weighted by molar-refractivity contribution is -0.148. The molecule has 3 aromatic rings. The third kappa shape index (κ3) is 6.17. The van der Waals surface area contributed by atoms with Crippen LogP contribution in [0.5, 0.6) is 0 Å². The second-order valence-corrected chi connectivity index (χ2v) is 15.7. The first kappa shape index (κ1) is 31.2. The van der Waals surface area contributed by atoms with Crippen molar-refractivity contribution in [3.05, 3.63) is 58.7 Å². The van der Waals surface area contributed by atoms with Crippen molar-refractivity contribution in [2.24, 2.45) is 0 Å². The number of amides is 3. The number of alkyl halides is 1. The van der Waals surface area contributed by atoms with Gasteiger partial charge in [0, 0.05) is 66.5 Å². The highest BCUT2D eigenvalue weighted by Gasteiger charge is 2.48. The van der Waals surface area contributed by atoms with Gasteiger partial charge in [-0.3, -0.25) is 23.9 Å². The third-order valence-corrected chi connectivity index (χ3v) is 11.7. The van der Waals surface area contributed by atoms with E-state index in [0.717, 1.165) is 35.2 Å². The van der Waals surface area contributed by atoms with Crippen molar-refractivity contribution in [2.45, 2.75) is 74.9 Å². The van der Waals surface area contributed by atoms with Gasteiger partial charge in [-0.2, -0.15) is 0 Å². The topological polar surface area (TPSA) is 143 Å². The summed E-state index contributed by atoms with van der Waals surface area (Å²) in [7, 11) is -4.23. The number of nitrogens with one attached hydrogen (secondary N) is 1. The fraction of sp³-hybridized carbons (Fsp3) is 0.500. The molecule has 0 aliphatic carbocycles. The molecule has 0 unspecified atom stereocenters. The van der Waals surface area contributed by atoms with Gasteiger partial charge < -0.3 is 29.8 Å². The molecule has 46 heavy (non-hydrogen) atoms. The molecular formula is C32H37FN5O6PS. The van der Waals surface area contributed by atoms with E-state index in [2.05, 4.69) is 15.2 Å². The number of pyridine rings is 1. The second-order valence-electron chi connectivity index (χ2n) is 13.0. The fourth-order valence-corrected chi connectivity index (χ4v) is 9.13. The Hall–Kier alpha value is -3.38. The summed E-state index contributed by atoms with van der Waals surface area (Å²) in [5, 5.41) is 3.63. The minimum Gasteiger partial charge on any atom is -0.368 e. The second kappa shape index (κ2) is 12.3. The fourth-order valence-electron chi connectivity index (χ4n) is 7.51. The van der Waals surface area contributed by atoms with Gasteiger partial charge in [0.2, 0.25) is 11.8 Å². The SMILES string of the molecule is O=C(N[C@H]1CCC[C@H]2CC[C@@H](C(=O)N3CC(c4cnccc4N4CC[C@@H](F)C4)C3)N2C1=O)c1cc2cc(CP(=O)(O)O)ccc2s1. The first-order valence-electron chi connectivity index (χ1n) is 15.9. The number of hydrogen-bond donors (Lipinski definition) is 3. The van der Waals surface area contributed by atoms with E-state index in [1.165, 1.54) is 11.3 Å². The number of likely N-dealkylation sites (tertiary alicyclic amines) is 1. The third-order valence-electron chi connectivity index (χ3n) is 9.80. The monoisotopic (exact) mass is 669 g/mol. The molecule has 14 heteroatoms. The Morgan fingerprint density at radius 1 is 1.07 bits per heavy atom. The lowest BCUT2D eigenvalue weighted by atomic mass is 9.90. The van der Waals surface area contributed by atoms with Crippen LogP contribution in [0.3, 0.4) is 0 Å². The number of anilines is 1. The van der Waals surface area contributed by atoms with Gasteiger partial charge in [-0.25, -0.2) is 4.39 Å². The van der Waals surface area contributed by atoms with Crippen molar-refractivity contribution in [3.8, 4) is 0 Å². The Balaban J connectivity index is 1.01. The van der Waals surface area contributed by atoms with E-state index in [1.54, 1.807) is 40.3 Å². The normalized spacial score (nSPS) is 25.5. The molecule has 7 rings (SSSR count). The molecule has 0 saturated carbocycles. The van der Waals surface area contributed by atoms with E-state index in [0.29, 0.717) is 61.3 Å². The maximum absolute atomic E-state index is 13.9. The van der Waals surface area contributed by atoms with Crippen LogP contribution in [0.15, 0.2) is 42.7 Å². The summed E-state index contributed by atoms with van der Waals surface area (Å²) in [4.78, 5) is 70.0. The quantitative estimate of drug-likeness (QED) is 0.323. The highest BCUT2D eigenvalue weighted by molar-refractivity contribution is 7.50. The number of carbonyl (C=O) groups excluding carboxylic acids is 3. The van der Waals surface area contributed by atoms with Crippen LogP contribution in [0.4, 0.5) is 10.1 Å². The van der Waals surface area contributed by atoms with Gasteiger partial charge in [-0.1, -0.05) is 6.07 Å². The summed E-state index contributed by atoms with van der Waals surface area (Å²) in [5.41, 5.74) is 2.49. The van der Waals surface area contributed by atoms with Crippen LogP contribution in [0.2, 0.25) is 0 Å². The van der Waals surface area contributed by atoms with Gasteiger partial charge in [0.15, 0.2) is 0 Å². The van der Waals surface area contributed by atoms with Crippen molar-refractivity contribution < 1.29 is 33.1 Å². The minimum absolute atomic E-state index is 0.0362. The van der Waals surface area contributed by atoms with Crippen molar-refractivity contribution in [1.29, 1.82) is 0 Å². The van der Waals surface area contributed by atoms with Crippen LogP contribution in [0.1, 0.15) is 65.2 Å². The maximum atomic E-state index is 13.9. The van der Waals surface area contributed by atoms with Crippen LogP contribution < -0.4 is 10.2 Å². The average molecular weight is 670 g/mol. The molecule has 4 atom stereocenters. The summed E-state index contributed by atoms with van der Waals surface area (Å²) in [6, 6.07) is 7.31. The summed E-state index contributed by atoms with van der Waals surface area (Å²) in [6.07, 6.45) is 6.20. The molecule has 4 aliphatic heterocycles. The van der Waals surface area contributed by atoms with Crippen molar-refractivity contribution in [1.82, 2.24) is 20.1 Å². The number of aromatic nitrogens is 1. The van der Waals surface area contributed by atoms with Gasteiger partial charge in [0.05, 0.1) is 11.0 Å². The highest BCUT2D eigenvalue weighted by atomic mass is 32.1. The minimum atomic E-state index is -4.23. The van der Waals surface area contributed by atoms with Crippen LogP contribution in [0, 0.1) is 0 Å². The van der Waals surface area contributed by atoms with Crippen LogP contribution in [-0.4, -0.2) is 92.8 Å². The molecule has 0 bridgehead atoms. The molecule has 244 valence electrons. The van der Waals surface area contributed by atoms with E-state index in [1.807, 2.05) is 12.3 Å². The highest BCUT2D eigenvalue weighted by Crippen LogP contribution is 2.41. The number of benzene rings is 1. The smallest absolute Gasteiger partial charge is 0.329 e.